The quantitative estimate of drug-likeness (QED) is 0.539. The molecule has 3 heteroatoms. The molecule has 2 rings (SSSR count). The zero-order valence-corrected chi connectivity index (χ0v) is 10.4. The summed E-state index contributed by atoms with van der Waals surface area (Å²) >= 11 is 5.50. The summed E-state index contributed by atoms with van der Waals surface area (Å²) in [7, 11) is 0. The maximum Gasteiger partial charge on any atom is 0.321 e. The zero-order chi connectivity index (χ0) is 11.3. The van der Waals surface area contributed by atoms with E-state index in [9.17, 15) is 4.79 Å². The van der Waals surface area contributed by atoms with Crippen LogP contribution in [0.15, 0.2) is 0 Å². The Balaban J connectivity index is 2.19. The molecule has 0 heterocycles. The Bertz CT molecular complexity index is 283. The van der Waals surface area contributed by atoms with Gasteiger partial charge in [0.1, 0.15) is 12.0 Å². The van der Waals surface area contributed by atoms with Crippen LogP contribution in [0.25, 0.3) is 0 Å². The minimum Gasteiger partial charge on any atom is -0.460 e. The second-order valence-electron chi connectivity index (χ2n) is 5.92. The largest absolute Gasteiger partial charge is 0.460 e. The van der Waals surface area contributed by atoms with Gasteiger partial charge in [0.2, 0.25) is 0 Å². The van der Waals surface area contributed by atoms with Gasteiger partial charge in [0, 0.05) is 10.8 Å². The molecule has 2 bridgehead atoms. The van der Waals surface area contributed by atoms with E-state index in [-0.39, 0.29) is 28.8 Å². The lowest BCUT2D eigenvalue weighted by Gasteiger charge is -2.41. The van der Waals surface area contributed by atoms with Gasteiger partial charge >= 0.3 is 5.97 Å². The smallest absolute Gasteiger partial charge is 0.321 e. The summed E-state index contributed by atoms with van der Waals surface area (Å²) in [6, 6.07) is 0. The molecule has 2 aliphatic carbocycles. The number of esters is 1. The van der Waals surface area contributed by atoms with Crippen molar-refractivity contribution in [3.8, 4) is 0 Å². The van der Waals surface area contributed by atoms with Crippen LogP contribution in [-0.2, 0) is 9.53 Å². The van der Waals surface area contributed by atoms with Crippen LogP contribution < -0.4 is 0 Å². The van der Waals surface area contributed by atoms with Gasteiger partial charge in [-0.3, -0.25) is 4.79 Å². The van der Waals surface area contributed by atoms with Crippen molar-refractivity contribution < 1.29 is 9.53 Å². The number of fused-ring (bicyclic) bond motifs is 2. The summed E-state index contributed by atoms with van der Waals surface area (Å²) in [4.78, 5) is 11.3. The van der Waals surface area contributed by atoms with Crippen molar-refractivity contribution in [3.05, 3.63) is 0 Å². The van der Waals surface area contributed by atoms with Crippen molar-refractivity contribution in [3.63, 3.8) is 0 Å². The molecule has 0 amide bonds. The maximum atomic E-state index is 11.3. The molecule has 0 aliphatic heterocycles. The van der Waals surface area contributed by atoms with E-state index >= 15 is 0 Å². The average molecular weight is 231 g/mol. The molecule has 0 aromatic rings. The van der Waals surface area contributed by atoms with Crippen LogP contribution in [0.1, 0.15) is 40.0 Å². The lowest BCUT2D eigenvalue weighted by Crippen LogP contribution is -2.43. The van der Waals surface area contributed by atoms with Gasteiger partial charge in [-0.1, -0.05) is 20.8 Å². The maximum absolute atomic E-state index is 11.3. The number of carbonyl (C=O) groups excluding carboxylic acids is 1. The molecule has 0 aromatic carbocycles. The standard InChI is InChI=1S/C12H19ClO2/c1-11(2)8-4-5-12(3,6-8)10(11)15-9(14)7-13/h8,10H,4-7H2,1-3H3/t8-,10-,12-/m1/s1. The zero-order valence-electron chi connectivity index (χ0n) is 9.68. The second kappa shape index (κ2) is 3.38. The summed E-state index contributed by atoms with van der Waals surface area (Å²) < 4.78 is 5.54. The molecule has 3 atom stereocenters. The highest BCUT2D eigenvalue weighted by atomic mass is 35.5. The van der Waals surface area contributed by atoms with Gasteiger partial charge in [0.15, 0.2) is 0 Å². The van der Waals surface area contributed by atoms with Crippen molar-refractivity contribution in [2.45, 2.75) is 46.1 Å². The van der Waals surface area contributed by atoms with Crippen LogP contribution in [0, 0.1) is 16.7 Å². The minimum atomic E-state index is -0.275. The highest BCUT2D eigenvalue weighted by Gasteiger charge is 2.61. The van der Waals surface area contributed by atoms with Gasteiger partial charge in [-0.05, 0) is 25.2 Å². The number of rotatable bonds is 2. The van der Waals surface area contributed by atoms with Gasteiger partial charge in [0.05, 0.1) is 0 Å². The molecule has 0 aromatic heterocycles. The summed E-state index contributed by atoms with van der Waals surface area (Å²) in [6.07, 6.45) is 3.70. The fraction of sp³-hybridized carbons (Fsp3) is 0.917. The fourth-order valence-corrected chi connectivity index (χ4v) is 3.78. The van der Waals surface area contributed by atoms with Crippen LogP contribution in [0.3, 0.4) is 0 Å². The monoisotopic (exact) mass is 230 g/mol. The second-order valence-corrected chi connectivity index (χ2v) is 6.19. The van der Waals surface area contributed by atoms with Gasteiger partial charge < -0.3 is 4.74 Å². The third-order valence-electron chi connectivity index (χ3n) is 4.50. The van der Waals surface area contributed by atoms with Crippen LogP contribution in [0.5, 0.6) is 0 Å². The normalized spacial score (nSPS) is 41.9. The first-order valence-corrected chi connectivity index (χ1v) is 6.19. The van der Waals surface area contributed by atoms with Crippen LogP contribution >= 0.6 is 11.6 Å². The van der Waals surface area contributed by atoms with E-state index in [4.69, 9.17) is 16.3 Å². The number of ether oxygens (including phenoxy) is 1. The Labute approximate surface area is 96.3 Å². The van der Waals surface area contributed by atoms with Gasteiger partial charge in [-0.25, -0.2) is 0 Å². The predicted octanol–water partition coefficient (Wildman–Crippen LogP) is 2.98. The van der Waals surface area contributed by atoms with Crippen LogP contribution in [-0.4, -0.2) is 18.0 Å². The summed E-state index contributed by atoms with van der Waals surface area (Å²) in [6.45, 7) is 6.68. The summed E-state index contributed by atoms with van der Waals surface area (Å²) in [5, 5.41) is 0. The summed E-state index contributed by atoms with van der Waals surface area (Å²) in [5.74, 6) is 0.395. The third-order valence-corrected chi connectivity index (χ3v) is 4.71. The number of carbonyl (C=O) groups is 1. The Hall–Kier alpha value is -0.240. The Morgan fingerprint density at radius 1 is 1.47 bits per heavy atom. The van der Waals surface area contributed by atoms with Crippen molar-refractivity contribution in [1.29, 1.82) is 0 Å². The van der Waals surface area contributed by atoms with Crippen molar-refractivity contribution in [2.75, 3.05) is 5.88 Å². The number of halogens is 1. The Kier molecular flexibility index (Phi) is 2.53. The molecule has 86 valence electrons. The molecule has 2 saturated carbocycles. The lowest BCUT2D eigenvalue weighted by atomic mass is 9.70. The van der Waals surface area contributed by atoms with Gasteiger partial charge in [0.25, 0.3) is 0 Å². The molecule has 2 nitrogen and oxygen atoms in total. The van der Waals surface area contributed by atoms with E-state index in [0.29, 0.717) is 5.92 Å². The molecule has 0 saturated heterocycles. The van der Waals surface area contributed by atoms with Crippen molar-refractivity contribution in [2.24, 2.45) is 16.7 Å². The van der Waals surface area contributed by atoms with E-state index in [1.807, 2.05) is 0 Å². The SMILES string of the molecule is CC1(C)[C@@H]2CC[C@](C)(C2)[C@@H]1OC(=O)CCl. The molecule has 2 fully saturated rings. The van der Waals surface area contributed by atoms with Crippen LogP contribution in [0.2, 0.25) is 0 Å². The van der Waals surface area contributed by atoms with E-state index in [1.54, 1.807) is 0 Å². The molecular weight excluding hydrogens is 212 g/mol. The molecule has 0 radical (unpaired) electrons. The summed E-state index contributed by atoms with van der Waals surface area (Å²) in [5.41, 5.74) is 0.310. The van der Waals surface area contributed by atoms with Gasteiger partial charge in [-0.15, -0.1) is 11.6 Å². The predicted molar refractivity (Wildman–Crippen MR) is 59.8 cm³/mol. The van der Waals surface area contributed by atoms with E-state index in [2.05, 4.69) is 20.8 Å². The molecule has 0 spiro atoms. The van der Waals surface area contributed by atoms with Crippen molar-refractivity contribution >= 4 is 17.6 Å². The molecule has 0 unspecified atom stereocenters. The topological polar surface area (TPSA) is 26.3 Å². The fourth-order valence-electron chi connectivity index (χ4n) is 3.71. The first-order valence-electron chi connectivity index (χ1n) is 5.65. The highest BCUT2D eigenvalue weighted by molar-refractivity contribution is 6.26. The molecule has 15 heavy (non-hydrogen) atoms. The Morgan fingerprint density at radius 3 is 2.60 bits per heavy atom. The highest BCUT2D eigenvalue weighted by Crippen LogP contribution is 2.63. The first-order chi connectivity index (χ1) is 6.90. The van der Waals surface area contributed by atoms with E-state index in [0.717, 1.165) is 0 Å². The van der Waals surface area contributed by atoms with Gasteiger partial charge in [-0.2, -0.15) is 0 Å². The van der Waals surface area contributed by atoms with Crippen molar-refractivity contribution in [1.82, 2.24) is 0 Å². The number of alkyl halides is 1. The van der Waals surface area contributed by atoms with E-state index in [1.165, 1.54) is 19.3 Å². The minimum absolute atomic E-state index is 0.0344. The Morgan fingerprint density at radius 2 is 2.13 bits per heavy atom. The average Bonchev–Trinajstić information content (AvgIpc) is 2.63. The number of hydrogen-bond donors (Lipinski definition) is 0. The third kappa shape index (κ3) is 1.57. The molecule has 0 N–H and O–H groups in total. The first kappa shape index (κ1) is 11.3. The molecular formula is C12H19ClO2. The van der Waals surface area contributed by atoms with E-state index < -0.39 is 0 Å². The molecule has 2 aliphatic rings. The van der Waals surface area contributed by atoms with Crippen LogP contribution in [0.4, 0.5) is 0 Å². The number of hydrogen-bond acceptors (Lipinski definition) is 2. The lowest BCUT2D eigenvalue weighted by molar-refractivity contribution is -0.161.